The van der Waals surface area contributed by atoms with E-state index in [1.807, 2.05) is 24.3 Å². The Morgan fingerprint density at radius 3 is 2.44 bits per heavy atom. The van der Waals surface area contributed by atoms with E-state index in [1.54, 1.807) is 17.0 Å². The molecule has 1 heterocycles. The van der Waals surface area contributed by atoms with E-state index in [4.69, 9.17) is 0 Å². The number of rotatable bonds is 6. The van der Waals surface area contributed by atoms with Gasteiger partial charge in [-0.2, -0.15) is 0 Å². The molecule has 2 aromatic carbocycles. The normalized spacial score (nSPS) is 16.8. The average Bonchev–Trinajstić information content (AvgIpc) is 3.03. The number of amides is 2. The minimum atomic E-state index is -0.338. The summed E-state index contributed by atoms with van der Waals surface area (Å²) in [4.78, 5) is 26.4. The van der Waals surface area contributed by atoms with Crippen molar-refractivity contribution < 1.29 is 14.0 Å². The van der Waals surface area contributed by atoms with Gasteiger partial charge in [-0.05, 0) is 47.7 Å². The fraction of sp³-hybridized carbons (Fsp3) is 0.364. The van der Waals surface area contributed by atoms with Gasteiger partial charge < -0.3 is 10.2 Å². The number of hydrogen-bond acceptors (Lipinski definition) is 2. The number of carbonyl (C=O) groups is 2. The Morgan fingerprint density at radius 1 is 1.15 bits per heavy atom. The first-order chi connectivity index (χ1) is 12.9. The molecule has 5 heteroatoms. The van der Waals surface area contributed by atoms with Gasteiger partial charge in [0.05, 0.1) is 5.92 Å². The number of carbonyl (C=O) groups excluding carboxylic acids is 2. The van der Waals surface area contributed by atoms with Gasteiger partial charge in [0, 0.05) is 25.2 Å². The third-order valence-corrected chi connectivity index (χ3v) is 5.01. The SMILES string of the molecule is CC(C)c1ccc(NC(=O)[C@@H]2CC(=O)N(CCc3ccc(F)cc3)C2)cc1. The Balaban J connectivity index is 1.52. The Kier molecular flexibility index (Phi) is 5.89. The lowest BCUT2D eigenvalue weighted by Gasteiger charge is -2.16. The van der Waals surface area contributed by atoms with E-state index < -0.39 is 0 Å². The first kappa shape index (κ1) is 19.1. The lowest BCUT2D eigenvalue weighted by atomic mass is 10.0. The molecule has 142 valence electrons. The fourth-order valence-electron chi connectivity index (χ4n) is 3.27. The highest BCUT2D eigenvalue weighted by molar-refractivity contribution is 5.97. The quantitative estimate of drug-likeness (QED) is 0.838. The molecular weight excluding hydrogens is 343 g/mol. The smallest absolute Gasteiger partial charge is 0.229 e. The summed E-state index contributed by atoms with van der Waals surface area (Å²) in [6.07, 6.45) is 0.885. The van der Waals surface area contributed by atoms with E-state index in [-0.39, 0.29) is 30.0 Å². The zero-order valence-electron chi connectivity index (χ0n) is 15.7. The Labute approximate surface area is 159 Å². The number of benzene rings is 2. The van der Waals surface area contributed by atoms with Crippen molar-refractivity contribution in [2.75, 3.05) is 18.4 Å². The molecule has 2 amide bonds. The van der Waals surface area contributed by atoms with Crippen molar-refractivity contribution in [3.63, 3.8) is 0 Å². The number of nitrogens with one attached hydrogen (secondary N) is 1. The van der Waals surface area contributed by atoms with Crippen LogP contribution in [0.5, 0.6) is 0 Å². The lowest BCUT2D eigenvalue weighted by Crippen LogP contribution is -2.30. The summed E-state index contributed by atoms with van der Waals surface area (Å²) in [5, 5.41) is 2.91. The van der Waals surface area contributed by atoms with Gasteiger partial charge in [-0.3, -0.25) is 9.59 Å². The van der Waals surface area contributed by atoms with Crippen LogP contribution in [0, 0.1) is 11.7 Å². The second kappa shape index (κ2) is 8.33. The van der Waals surface area contributed by atoms with Crippen LogP contribution in [0.15, 0.2) is 48.5 Å². The van der Waals surface area contributed by atoms with Crippen molar-refractivity contribution in [2.24, 2.45) is 5.92 Å². The molecule has 0 bridgehead atoms. The molecule has 4 nitrogen and oxygen atoms in total. The minimum absolute atomic E-state index is 0.00702. The molecule has 0 aliphatic carbocycles. The molecule has 0 unspecified atom stereocenters. The van der Waals surface area contributed by atoms with E-state index in [0.29, 0.717) is 25.4 Å². The fourth-order valence-corrected chi connectivity index (χ4v) is 3.27. The predicted molar refractivity (Wildman–Crippen MR) is 104 cm³/mol. The predicted octanol–water partition coefficient (Wildman–Crippen LogP) is 3.98. The van der Waals surface area contributed by atoms with Gasteiger partial charge in [0.1, 0.15) is 5.82 Å². The molecule has 0 radical (unpaired) electrons. The monoisotopic (exact) mass is 368 g/mol. The molecule has 1 fully saturated rings. The van der Waals surface area contributed by atoms with Crippen molar-refractivity contribution in [2.45, 2.75) is 32.6 Å². The van der Waals surface area contributed by atoms with Crippen LogP contribution in [0.25, 0.3) is 0 Å². The van der Waals surface area contributed by atoms with Crippen LogP contribution in [0.2, 0.25) is 0 Å². The first-order valence-electron chi connectivity index (χ1n) is 9.35. The number of hydrogen-bond donors (Lipinski definition) is 1. The number of halogens is 1. The van der Waals surface area contributed by atoms with Crippen molar-refractivity contribution in [1.29, 1.82) is 0 Å². The second-order valence-electron chi connectivity index (χ2n) is 7.38. The van der Waals surface area contributed by atoms with Gasteiger partial charge in [-0.25, -0.2) is 4.39 Å². The molecule has 0 aromatic heterocycles. The van der Waals surface area contributed by atoms with Crippen LogP contribution in [0.1, 0.15) is 37.3 Å². The third kappa shape index (κ3) is 4.94. The van der Waals surface area contributed by atoms with Gasteiger partial charge in [-0.1, -0.05) is 38.1 Å². The van der Waals surface area contributed by atoms with Crippen LogP contribution in [-0.4, -0.2) is 29.8 Å². The third-order valence-electron chi connectivity index (χ3n) is 5.01. The van der Waals surface area contributed by atoms with Gasteiger partial charge in [-0.15, -0.1) is 0 Å². The van der Waals surface area contributed by atoms with E-state index in [1.165, 1.54) is 17.7 Å². The summed E-state index contributed by atoms with van der Waals surface area (Å²) in [5.41, 5.74) is 2.94. The summed E-state index contributed by atoms with van der Waals surface area (Å²) in [6.45, 7) is 5.21. The number of nitrogens with zero attached hydrogens (tertiary/aromatic N) is 1. The van der Waals surface area contributed by atoms with Crippen LogP contribution >= 0.6 is 0 Å². The lowest BCUT2D eigenvalue weighted by molar-refractivity contribution is -0.128. The molecule has 1 saturated heterocycles. The molecule has 27 heavy (non-hydrogen) atoms. The highest BCUT2D eigenvalue weighted by atomic mass is 19.1. The number of anilines is 1. The van der Waals surface area contributed by atoms with Crippen molar-refractivity contribution in [3.05, 3.63) is 65.5 Å². The van der Waals surface area contributed by atoms with Crippen LogP contribution in [0.4, 0.5) is 10.1 Å². The largest absolute Gasteiger partial charge is 0.342 e. The first-order valence-corrected chi connectivity index (χ1v) is 9.35. The summed E-state index contributed by atoms with van der Waals surface area (Å²) < 4.78 is 13.0. The zero-order valence-corrected chi connectivity index (χ0v) is 15.7. The van der Waals surface area contributed by atoms with Gasteiger partial charge in [0.25, 0.3) is 0 Å². The summed E-state index contributed by atoms with van der Waals surface area (Å²) in [7, 11) is 0. The molecule has 1 aliphatic heterocycles. The van der Waals surface area contributed by atoms with Gasteiger partial charge in [0.15, 0.2) is 0 Å². The van der Waals surface area contributed by atoms with Crippen molar-refractivity contribution >= 4 is 17.5 Å². The summed E-state index contributed by atoms with van der Waals surface area (Å²) >= 11 is 0. The maximum absolute atomic E-state index is 13.0. The summed E-state index contributed by atoms with van der Waals surface area (Å²) in [6, 6.07) is 14.1. The van der Waals surface area contributed by atoms with Crippen molar-refractivity contribution in [3.8, 4) is 0 Å². The molecule has 1 atom stereocenters. The second-order valence-corrected chi connectivity index (χ2v) is 7.38. The van der Waals surface area contributed by atoms with Crippen molar-refractivity contribution in [1.82, 2.24) is 4.90 Å². The number of likely N-dealkylation sites (tertiary alicyclic amines) is 1. The van der Waals surface area contributed by atoms with Crippen LogP contribution in [-0.2, 0) is 16.0 Å². The molecule has 0 spiro atoms. The Hall–Kier alpha value is -2.69. The molecule has 2 aromatic rings. The van der Waals surface area contributed by atoms with Crippen LogP contribution in [0.3, 0.4) is 0 Å². The standard InChI is InChI=1S/C22H25FN2O2/c1-15(2)17-5-9-20(10-6-17)24-22(27)18-13-21(26)25(14-18)12-11-16-3-7-19(23)8-4-16/h3-10,15,18H,11-14H2,1-2H3,(H,24,27)/t18-/m1/s1. The molecule has 0 saturated carbocycles. The zero-order chi connectivity index (χ0) is 19.4. The maximum atomic E-state index is 13.0. The van der Waals surface area contributed by atoms with E-state index in [2.05, 4.69) is 19.2 Å². The Bertz CT molecular complexity index is 800. The van der Waals surface area contributed by atoms with Gasteiger partial charge in [0.2, 0.25) is 11.8 Å². The molecule has 1 N–H and O–H groups in total. The Morgan fingerprint density at radius 2 is 1.81 bits per heavy atom. The van der Waals surface area contributed by atoms with E-state index in [0.717, 1.165) is 11.3 Å². The highest BCUT2D eigenvalue weighted by Crippen LogP contribution is 2.22. The van der Waals surface area contributed by atoms with Crippen LogP contribution < -0.4 is 5.32 Å². The average molecular weight is 368 g/mol. The molecule has 1 aliphatic rings. The van der Waals surface area contributed by atoms with Gasteiger partial charge >= 0.3 is 0 Å². The molecule has 3 rings (SSSR count). The highest BCUT2D eigenvalue weighted by Gasteiger charge is 2.34. The van der Waals surface area contributed by atoms with E-state index in [9.17, 15) is 14.0 Å². The summed E-state index contributed by atoms with van der Waals surface area (Å²) in [5.74, 6) is -0.293. The minimum Gasteiger partial charge on any atom is -0.342 e. The molecular formula is C22H25FN2O2. The van der Waals surface area contributed by atoms with E-state index >= 15 is 0 Å². The topological polar surface area (TPSA) is 49.4 Å². The maximum Gasteiger partial charge on any atom is 0.229 e.